The fourth-order valence-corrected chi connectivity index (χ4v) is 2.41. The molecule has 1 atom stereocenters. The van der Waals surface area contributed by atoms with Gasteiger partial charge in [0.2, 0.25) is 5.91 Å². The average Bonchev–Trinajstić information content (AvgIpc) is 3.25. The third kappa shape index (κ3) is 3.95. The van der Waals surface area contributed by atoms with Gasteiger partial charge in [-0.2, -0.15) is 0 Å². The Bertz CT molecular complexity index is 476. The molecule has 0 aromatic heterocycles. The lowest BCUT2D eigenvalue weighted by molar-refractivity contribution is -0.128. The van der Waals surface area contributed by atoms with E-state index in [9.17, 15) is 9.90 Å². The van der Waals surface area contributed by atoms with Crippen LogP contribution in [0.2, 0.25) is 5.02 Å². The van der Waals surface area contributed by atoms with Crippen molar-refractivity contribution >= 4 is 17.5 Å². The van der Waals surface area contributed by atoms with Gasteiger partial charge >= 0.3 is 0 Å². The molecule has 0 aliphatic heterocycles. The van der Waals surface area contributed by atoms with Crippen LogP contribution in [-0.2, 0) is 16.1 Å². The second kappa shape index (κ2) is 6.57. The monoisotopic (exact) mass is 297 g/mol. The number of carbonyl (C=O) groups excluding carboxylic acids is 1. The van der Waals surface area contributed by atoms with E-state index in [2.05, 4.69) is 5.32 Å². The van der Waals surface area contributed by atoms with E-state index in [1.54, 1.807) is 6.07 Å². The predicted octanol–water partition coefficient (Wildman–Crippen LogP) is 2.13. The summed E-state index contributed by atoms with van der Waals surface area (Å²) in [5.74, 6) is 0.167. The zero-order valence-electron chi connectivity index (χ0n) is 11.6. The Morgan fingerprint density at radius 2 is 2.20 bits per heavy atom. The van der Waals surface area contributed by atoms with Gasteiger partial charge in [0.15, 0.2) is 0 Å². The SMILES string of the molecule is CC(CO)(NC(=O)COCc1ccccc1Cl)C1CC1. The van der Waals surface area contributed by atoms with Crippen LogP contribution in [-0.4, -0.2) is 29.8 Å². The van der Waals surface area contributed by atoms with Crippen molar-refractivity contribution in [3.63, 3.8) is 0 Å². The Morgan fingerprint density at radius 1 is 1.50 bits per heavy atom. The highest BCUT2D eigenvalue weighted by Gasteiger charge is 2.42. The summed E-state index contributed by atoms with van der Waals surface area (Å²) in [6, 6.07) is 7.37. The molecule has 1 aromatic carbocycles. The van der Waals surface area contributed by atoms with Gasteiger partial charge in [-0.1, -0.05) is 29.8 Å². The molecule has 2 rings (SSSR count). The first kappa shape index (κ1) is 15.3. The van der Waals surface area contributed by atoms with E-state index in [1.807, 2.05) is 25.1 Å². The van der Waals surface area contributed by atoms with E-state index in [-0.39, 0.29) is 19.1 Å². The molecule has 1 saturated carbocycles. The van der Waals surface area contributed by atoms with E-state index in [1.165, 1.54) is 0 Å². The molecule has 4 nitrogen and oxygen atoms in total. The number of aliphatic hydroxyl groups excluding tert-OH is 1. The summed E-state index contributed by atoms with van der Waals surface area (Å²) in [4.78, 5) is 11.8. The molecule has 0 radical (unpaired) electrons. The first-order chi connectivity index (χ1) is 9.55. The summed E-state index contributed by atoms with van der Waals surface area (Å²) in [6.07, 6.45) is 2.11. The smallest absolute Gasteiger partial charge is 0.246 e. The first-order valence-corrected chi connectivity index (χ1v) is 7.16. The summed E-state index contributed by atoms with van der Waals surface area (Å²) < 4.78 is 5.37. The van der Waals surface area contributed by atoms with Gasteiger partial charge in [0.1, 0.15) is 6.61 Å². The number of nitrogens with one attached hydrogen (secondary N) is 1. The van der Waals surface area contributed by atoms with E-state index >= 15 is 0 Å². The minimum absolute atomic E-state index is 0.0342. The molecule has 1 fully saturated rings. The fraction of sp³-hybridized carbons (Fsp3) is 0.533. The van der Waals surface area contributed by atoms with Crippen molar-refractivity contribution in [2.24, 2.45) is 5.92 Å². The van der Waals surface area contributed by atoms with Gasteiger partial charge in [0, 0.05) is 5.02 Å². The second-order valence-electron chi connectivity index (χ2n) is 5.48. The van der Waals surface area contributed by atoms with E-state index in [4.69, 9.17) is 16.3 Å². The molecule has 0 bridgehead atoms. The van der Waals surface area contributed by atoms with Crippen molar-refractivity contribution < 1.29 is 14.6 Å². The van der Waals surface area contributed by atoms with Crippen LogP contribution in [0, 0.1) is 5.92 Å². The van der Waals surface area contributed by atoms with Crippen LogP contribution in [0.4, 0.5) is 0 Å². The minimum atomic E-state index is -0.523. The highest BCUT2D eigenvalue weighted by molar-refractivity contribution is 6.31. The Morgan fingerprint density at radius 3 is 2.80 bits per heavy atom. The Hall–Kier alpha value is -1.10. The van der Waals surface area contributed by atoms with Crippen molar-refractivity contribution in [2.45, 2.75) is 31.9 Å². The summed E-state index contributed by atoms with van der Waals surface area (Å²) in [5, 5.41) is 12.9. The Balaban J connectivity index is 1.77. The lowest BCUT2D eigenvalue weighted by Gasteiger charge is -2.28. The van der Waals surface area contributed by atoms with Crippen molar-refractivity contribution in [1.82, 2.24) is 5.32 Å². The van der Waals surface area contributed by atoms with Gasteiger partial charge in [-0.3, -0.25) is 4.79 Å². The number of ether oxygens (including phenoxy) is 1. The third-order valence-corrected chi connectivity index (χ3v) is 4.05. The average molecular weight is 298 g/mol. The highest BCUT2D eigenvalue weighted by Crippen LogP contribution is 2.39. The zero-order chi connectivity index (χ0) is 14.6. The summed E-state index contributed by atoms with van der Waals surface area (Å²) in [6.45, 7) is 2.09. The molecule has 1 aliphatic rings. The number of amides is 1. The number of hydrogen-bond acceptors (Lipinski definition) is 3. The van der Waals surface area contributed by atoms with Gasteiger partial charge in [-0.25, -0.2) is 0 Å². The van der Waals surface area contributed by atoms with E-state index in [0.29, 0.717) is 17.5 Å². The van der Waals surface area contributed by atoms with Crippen LogP contribution >= 0.6 is 11.6 Å². The second-order valence-corrected chi connectivity index (χ2v) is 5.89. The molecular formula is C15H20ClNO3. The molecule has 1 aliphatic carbocycles. The Labute approximate surface area is 124 Å². The van der Waals surface area contributed by atoms with Gasteiger partial charge < -0.3 is 15.2 Å². The number of carbonyl (C=O) groups is 1. The quantitative estimate of drug-likeness (QED) is 0.810. The van der Waals surface area contributed by atoms with Gasteiger partial charge in [-0.15, -0.1) is 0 Å². The standard InChI is InChI=1S/C15H20ClNO3/c1-15(10-18,12-6-7-12)17-14(19)9-20-8-11-4-2-3-5-13(11)16/h2-5,12,18H,6-10H2,1H3,(H,17,19). The molecule has 1 aromatic rings. The number of benzene rings is 1. The van der Waals surface area contributed by atoms with Crippen LogP contribution in [0.3, 0.4) is 0 Å². The molecule has 2 N–H and O–H groups in total. The molecule has 0 saturated heterocycles. The van der Waals surface area contributed by atoms with Crippen molar-refractivity contribution in [3.8, 4) is 0 Å². The van der Waals surface area contributed by atoms with Crippen LogP contribution < -0.4 is 5.32 Å². The number of rotatable bonds is 7. The number of aliphatic hydroxyl groups is 1. The normalized spacial score (nSPS) is 17.6. The van der Waals surface area contributed by atoms with Crippen LogP contribution in [0.5, 0.6) is 0 Å². The van der Waals surface area contributed by atoms with Crippen LogP contribution in [0.1, 0.15) is 25.3 Å². The molecule has 110 valence electrons. The van der Waals surface area contributed by atoms with Crippen molar-refractivity contribution in [1.29, 1.82) is 0 Å². The molecule has 1 unspecified atom stereocenters. The van der Waals surface area contributed by atoms with E-state index < -0.39 is 5.54 Å². The maximum Gasteiger partial charge on any atom is 0.246 e. The van der Waals surface area contributed by atoms with Crippen LogP contribution in [0.15, 0.2) is 24.3 Å². The number of halogens is 1. The van der Waals surface area contributed by atoms with Gasteiger partial charge in [0.05, 0.1) is 18.8 Å². The Kier molecular flexibility index (Phi) is 5.02. The number of hydrogen-bond donors (Lipinski definition) is 2. The van der Waals surface area contributed by atoms with Crippen LogP contribution in [0.25, 0.3) is 0 Å². The maximum absolute atomic E-state index is 11.8. The fourth-order valence-electron chi connectivity index (χ4n) is 2.21. The van der Waals surface area contributed by atoms with Crippen molar-refractivity contribution in [3.05, 3.63) is 34.9 Å². The highest BCUT2D eigenvalue weighted by atomic mass is 35.5. The molecule has 0 heterocycles. The third-order valence-electron chi connectivity index (χ3n) is 3.68. The zero-order valence-corrected chi connectivity index (χ0v) is 12.3. The summed E-state index contributed by atoms with van der Waals surface area (Å²) in [5.41, 5.74) is 0.333. The summed E-state index contributed by atoms with van der Waals surface area (Å²) in [7, 11) is 0. The molecule has 20 heavy (non-hydrogen) atoms. The lowest BCUT2D eigenvalue weighted by Crippen LogP contribution is -2.51. The first-order valence-electron chi connectivity index (χ1n) is 6.78. The lowest BCUT2D eigenvalue weighted by atomic mass is 9.97. The topological polar surface area (TPSA) is 58.6 Å². The van der Waals surface area contributed by atoms with Crippen molar-refractivity contribution in [2.75, 3.05) is 13.2 Å². The largest absolute Gasteiger partial charge is 0.394 e. The van der Waals surface area contributed by atoms with Gasteiger partial charge in [-0.05, 0) is 37.3 Å². The van der Waals surface area contributed by atoms with Gasteiger partial charge in [0.25, 0.3) is 0 Å². The molecule has 0 spiro atoms. The summed E-state index contributed by atoms with van der Waals surface area (Å²) >= 11 is 6.00. The predicted molar refractivity (Wildman–Crippen MR) is 77.5 cm³/mol. The van der Waals surface area contributed by atoms with E-state index in [0.717, 1.165) is 18.4 Å². The minimum Gasteiger partial charge on any atom is -0.394 e. The maximum atomic E-state index is 11.8. The molecular weight excluding hydrogens is 278 g/mol. The molecule has 1 amide bonds. The molecule has 5 heteroatoms.